The molecule has 5 rings (SSSR count). The van der Waals surface area contributed by atoms with Crippen LogP contribution in [0.5, 0.6) is 5.75 Å². The predicted octanol–water partition coefficient (Wildman–Crippen LogP) is 2.82. The van der Waals surface area contributed by atoms with E-state index in [0.29, 0.717) is 26.9 Å². The van der Waals surface area contributed by atoms with Crippen LogP contribution in [0.15, 0.2) is 41.2 Å². The van der Waals surface area contributed by atoms with Crippen LogP contribution < -0.4 is 10.5 Å². The van der Waals surface area contributed by atoms with Crippen molar-refractivity contribution in [1.82, 2.24) is 4.98 Å². The summed E-state index contributed by atoms with van der Waals surface area (Å²) in [4.78, 5) is 17.2. The Morgan fingerprint density at radius 3 is 2.00 bits per heavy atom. The van der Waals surface area contributed by atoms with Crippen molar-refractivity contribution >= 4 is 43.2 Å². The lowest BCUT2D eigenvalue weighted by Gasteiger charge is -2.17. The molecule has 0 fully saturated rings. The third-order valence-electron chi connectivity index (χ3n) is 6.08. The molecule has 8 nitrogen and oxygen atoms in total. The van der Waals surface area contributed by atoms with Gasteiger partial charge in [0.1, 0.15) is 6.07 Å². The van der Waals surface area contributed by atoms with E-state index in [1.54, 1.807) is 48.5 Å². The van der Waals surface area contributed by atoms with Gasteiger partial charge in [0.2, 0.25) is 5.41 Å². The third kappa shape index (κ3) is 2.13. The summed E-state index contributed by atoms with van der Waals surface area (Å²) in [7, 11) is 0. The first-order valence-electron chi connectivity index (χ1n) is 9.58. The van der Waals surface area contributed by atoms with Crippen LogP contribution in [-0.2, 0) is 5.41 Å². The second kappa shape index (κ2) is 6.50. The van der Waals surface area contributed by atoms with E-state index in [-0.39, 0.29) is 27.5 Å². The number of nitrogens with zero attached hydrogens (tertiary/aromatic N) is 6. The standard InChI is InChI=1S/C25H8N6O2/c26-7-12(8-27)25(10-29,11-30)24-17(9-28)20-13-3-1-5-15-18(13)19-14(21(20)31-24)4-2-6-16(19)23(33)22(15)32/h1-6,12,33H/p-1. The summed E-state index contributed by atoms with van der Waals surface area (Å²) in [5.74, 6) is -2.36. The first-order valence-corrected chi connectivity index (χ1v) is 9.58. The summed E-state index contributed by atoms with van der Waals surface area (Å²) in [5, 5.41) is 64.0. The molecule has 0 aliphatic rings. The Hall–Kier alpha value is -5.49. The molecule has 0 unspecified atom stereocenters. The fraction of sp³-hybridized carbons (Fsp3) is 0.0800. The number of rotatable bonds is 2. The molecule has 4 aromatic carbocycles. The van der Waals surface area contributed by atoms with Crippen LogP contribution in [0, 0.1) is 62.6 Å². The molecule has 0 bridgehead atoms. The van der Waals surface area contributed by atoms with E-state index in [1.165, 1.54) is 12.1 Å². The van der Waals surface area contributed by atoms with Gasteiger partial charge in [-0.3, -0.25) is 4.79 Å². The molecule has 0 amide bonds. The topological polar surface area (TPSA) is 172 Å². The largest absolute Gasteiger partial charge is 0.869 e. The SMILES string of the molecule is N#Cc1c(C(C#N)(C#N)C(C#N)C#N)nc2c3cccc4c([O-])c(=O)c5cccc(c12)c5c43. The van der Waals surface area contributed by atoms with Gasteiger partial charge in [-0.2, -0.15) is 26.3 Å². The fourth-order valence-electron chi connectivity index (χ4n) is 4.60. The molecule has 150 valence electrons. The predicted molar refractivity (Wildman–Crippen MR) is 115 cm³/mol. The average Bonchev–Trinajstić information content (AvgIpc) is 3.25. The van der Waals surface area contributed by atoms with Crippen molar-refractivity contribution in [3.63, 3.8) is 0 Å². The van der Waals surface area contributed by atoms with Gasteiger partial charge in [-0.05, 0) is 16.2 Å². The molecule has 0 N–H and O–H groups in total. The lowest BCUT2D eigenvalue weighted by Crippen LogP contribution is -2.32. The van der Waals surface area contributed by atoms with Crippen molar-refractivity contribution in [2.24, 2.45) is 5.92 Å². The lowest BCUT2D eigenvalue weighted by atomic mass is 9.75. The van der Waals surface area contributed by atoms with Crippen molar-refractivity contribution in [2.45, 2.75) is 5.41 Å². The van der Waals surface area contributed by atoms with Crippen LogP contribution in [0.25, 0.3) is 43.2 Å². The summed E-state index contributed by atoms with van der Waals surface area (Å²) < 4.78 is 0. The molecule has 0 aliphatic heterocycles. The van der Waals surface area contributed by atoms with E-state index in [9.17, 15) is 36.2 Å². The van der Waals surface area contributed by atoms with Gasteiger partial charge in [0, 0.05) is 21.5 Å². The minimum atomic E-state index is -2.31. The highest BCUT2D eigenvalue weighted by atomic mass is 16.3. The first kappa shape index (κ1) is 19.5. The Morgan fingerprint density at radius 1 is 0.818 bits per heavy atom. The summed E-state index contributed by atoms with van der Waals surface area (Å²) >= 11 is 0. The molecule has 33 heavy (non-hydrogen) atoms. The molecule has 0 atom stereocenters. The van der Waals surface area contributed by atoms with Gasteiger partial charge < -0.3 is 5.11 Å². The van der Waals surface area contributed by atoms with Crippen LogP contribution in [-0.4, -0.2) is 4.98 Å². The van der Waals surface area contributed by atoms with E-state index in [0.717, 1.165) is 0 Å². The smallest absolute Gasteiger partial charge is 0.215 e. The summed E-state index contributed by atoms with van der Waals surface area (Å²) in [5.41, 5.74) is -3.16. The zero-order valence-corrected chi connectivity index (χ0v) is 16.5. The lowest BCUT2D eigenvalue weighted by molar-refractivity contribution is -0.267. The molecule has 0 saturated heterocycles. The van der Waals surface area contributed by atoms with Crippen molar-refractivity contribution in [1.29, 1.82) is 26.3 Å². The van der Waals surface area contributed by atoms with E-state index < -0.39 is 22.5 Å². The minimum absolute atomic E-state index is 0.127. The molecule has 0 saturated carbocycles. The maximum Gasteiger partial charge on any atom is 0.215 e. The maximum atomic E-state index is 12.8. The van der Waals surface area contributed by atoms with Crippen molar-refractivity contribution in [2.75, 3.05) is 0 Å². The molecule has 0 aliphatic carbocycles. The molecule has 1 aromatic heterocycles. The highest BCUT2D eigenvalue weighted by Gasteiger charge is 2.47. The highest BCUT2D eigenvalue weighted by Crippen LogP contribution is 2.45. The minimum Gasteiger partial charge on any atom is -0.869 e. The molecule has 0 spiro atoms. The number of hydrogen-bond acceptors (Lipinski definition) is 8. The Bertz CT molecular complexity index is 1900. The Balaban J connectivity index is 2.15. The number of hydrogen-bond donors (Lipinski definition) is 0. The van der Waals surface area contributed by atoms with Crippen LogP contribution in [0.2, 0.25) is 0 Å². The normalized spacial score (nSPS) is 11.4. The summed E-state index contributed by atoms with van der Waals surface area (Å²) in [6.45, 7) is 0. The Morgan fingerprint density at radius 2 is 1.39 bits per heavy atom. The second-order valence-corrected chi connectivity index (χ2v) is 7.51. The molecular formula is C25H7N6O2-. The maximum absolute atomic E-state index is 12.8. The van der Waals surface area contributed by atoms with Gasteiger partial charge in [0.15, 0.2) is 11.3 Å². The van der Waals surface area contributed by atoms with Gasteiger partial charge in [0.25, 0.3) is 0 Å². The van der Waals surface area contributed by atoms with Gasteiger partial charge in [0.05, 0.1) is 41.1 Å². The Kier molecular flexibility index (Phi) is 3.84. The van der Waals surface area contributed by atoms with Gasteiger partial charge in [-0.1, -0.05) is 42.1 Å². The summed E-state index contributed by atoms with van der Waals surface area (Å²) in [6.07, 6.45) is 0. The second-order valence-electron chi connectivity index (χ2n) is 7.51. The Labute approximate surface area is 185 Å². The molecule has 8 heteroatoms. The van der Waals surface area contributed by atoms with Gasteiger partial charge in [-0.25, -0.2) is 4.98 Å². The molecular weight excluding hydrogens is 416 g/mol. The number of nitriles is 5. The van der Waals surface area contributed by atoms with Crippen LogP contribution in [0.1, 0.15) is 11.3 Å². The summed E-state index contributed by atoms with van der Waals surface area (Å²) in [6, 6.07) is 18.3. The van der Waals surface area contributed by atoms with E-state index in [1.807, 2.05) is 6.07 Å². The number of fused-ring (bicyclic) bond motifs is 3. The number of benzene rings is 4. The van der Waals surface area contributed by atoms with E-state index >= 15 is 0 Å². The van der Waals surface area contributed by atoms with Crippen molar-refractivity contribution < 1.29 is 5.11 Å². The van der Waals surface area contributed by atoms with E-state index in [2.05, 4.69) is 4.98 Å². The van der Waals surface area contributed by atoms with Gasteiger partial charge in [-0.15, -0.1) is 0 Å². The fourth-order valence-corrected chi connectivity index (χ4v) is 4.60. The average molecular weight is 423 g/mol. The van der Waals surface area contributed by atoms with Crippen molar-refractivity contribution in [3.8, 4) is 36.1 Å². The van der Waals surface area contributed by atoms with Crippen LogP contribution >= 0.6 is 0 Å². The van der Waals surface area contributed by atoms with Crippen molar-refractivity contribution in [3.05, 3.63) is 57.9 Å². The zero-order chi connectivity index (χ0) is 23.5. The first-order chi connectivity index (χ1) is 16.0. The molecule has 5 aromatic rings. The molecule has 1 heterocycles. The third-order valence-corrected chi connectivity index (χ3v) is 6.08. The highest BCUT2D eigenvalue weighted by molar-refractivity contribution is 6.34. The zero-order valence-electron chi connectivity index (χ0n) is 16.5. The van der Waals surface area contributed by atoms with Gasteiger partial charge >= 0.3 is 0 Å². The van der Waals surface area contributed by atoms with Crippen LogP contribution in [0.4, 0.5) is 0 Å². The van der Waals surface area contributed by atoms with E-state index in [4.69, 9.17) is 0 Å². The molecule has 0 radical (unpaired) electrons. The number of aromatic nitrogens is 1. The van der Waals surface area contributed by atoms with Crippen LogP contribution in [0.3, 0.4) is 0 Å². The quantitative estimate of drug-likeness (QED) is 0.390. The monoisotopic (exact) mass is 423 g/mol.